The predicted octanol–water partition coefficient (Wildman–Crippen LogP) is 1.87. The average Bonchev–Trinajstić information content (AvgIpc) is 2.90. The van der Waals surface area contributed by atoms with Gasteiger partial charge in [-0.2, -0.15) is 5.26 Å². The van der Waals surface area contributed by atoms with Gasteiger partial charge in [-0.05, 0) is 31.0 Å². The third-order valence-corrected chi connectivity index (χ3v) is 3.28. The van der Waals surface area contributed by atoms with Gasteiger partial charge in [0, 0.05) is 20.2 Å². The number of ether oxygens (including phenoxy) is 1. The van der Waals surface area contributed by atoms with E-state index in [0.717, 1.165) is 25.1 Å². The van der Waals surface area contributed by atoms with Crippen molar-refractivity contribution in [2.75, 3.05) is 25.1 Å². The fraction of sp³-hybridized carbons (Fsp3) is 0.429. The van der Waals surface area contributed by atoms with Crippen molar-refractivity contribution in [2.45, 2.75) is 18.9 Å². The van der Waals surface area contributed by atoms with E-state index in [1.807, 2.05) is 11.9 Å². The molecule has 1 N–H and O–H groups in total. The summed E-state index contributed by atoms with van der Waals surface area (Å²) < 4.78 is 5.56. The Morgan fingerprint density at radius 1 is 1.63 bits per heavy atom. The summed E-state index contributed by atoms with van der Waals surface area (Å²) in [7, 11) is 1.89. The number of benzene rings is 1. The van der Waals surface area contributed by atoms with Crippen LogP contribution in [0.2, 0.25) is 0 Å². The molecule has 1 aliphatic heterocycles. The molecule has 2 rings (SSSR count). The number of carboxylic acid groups (broad SMARTS) is 1. The van der Waals surface area contributed by atoms with E-state index in [-0.39, 0.29) is 11.7 Å². The highest BCUT2D eigenvalue weighted by atomic mass is 16.5. The molecule has 1 saturated heterocycles. The minimum atomic E-state index is -1.02. The molecule has 5 heteroatoms. The van der Waals surface area contributed by atoms with Crippen LogP contribution in [0.5, 0.6) is 0 Å². The normalized spacial score (nSPS) is 18.0. The maximum Gasteiger partial charge on any atom is 0.335 e. The zero-order valence-electron chi connectivity index (χ0n) is 10.8. The van der Waals surface area contributed by atoms with Crippen molar-refractivity contribution < 1.29 is 14.6 Å². The molecule has 1 aromatic rings. The third kappa shape index (κ3) is 3.04. The van der Waals surface area contributed by atoms with Crippen LogP contribution < -0.4 is 4.90 Å². The fourth-order valence-corrected chi connectivity index (χ4v) is 2.28. The maximum absolute atomic E-state index is 10.9. The largest absolute Gasteiger partial charge is 0.478 e. The van der Waals surface area contributed by atoms with Crippen LogP contribution in [-0.4, -0.2) is 37.4 Å². The van der Waals surface area contributed by atoms with Gasteiger partial charge in [0.05, 0.1) is 22.9 Å². The van der Waals surface area contributed by atoms with Crippen molar-refractivity contribution in [1.82, 2.24) is 0 Å². The molecule has 100 valence electrons. The minimum absolute atomic E-state index is 0.130. The third-order valence-electron chi connectivity index (χ3n) is 3.28. The highest BCUT2D eigenvalue weighted by Gasteiger charge is 2.19. The van der Waals surface area contributed by atoms with Crippen molar-refractivity contribution in [3.63, 3.8) is 0 Å². The van der Waals surface area contributed by atoms with Crippen molar-refractivity contribution in [3.05, 3.63) is 29.3 Å². The Morgan fingerprint density at radius 2 is 2.42 bits per heavy atom. The Bertz CT molecular complexity index is 516. The Balaban J connectivity index is 2.18. The Hall–Kier alpha value is -2.06. The number of anilines is 1. The van der Waals surface area contributed by atoms with Crippen LogP contribution in [0.4, 0.5) is 5.69 Å². The second-order valence-electron chi connectivity index (χ2n) is 4.66. The number of hydrogen-bond acceptors (Lipinski definition) is 4. The van der Waals surface area contributed by atoms with Gasteiger partial charge in [-0.15, -0.1) is 0 Å². The summed E-state index contributed by atoms with van der Waals surface area (Å²) in [6, 6.07) is 6.65. The first-order valence-corrected chi connectivity index (χ1v) is 6.22. The quantitative estimate of drug-likeness (QED) is 0.894. The Morgan fingerprint density at radius 3 is 3.00 bits per heavy atom. The summed E-state index contributed by atoms with van der Waals surface area (Å²) in [4.78, 5) is 12.8. The molecule has 0 spiro atoms. The molecule has 0 radical (unpaired) electrons. The Kier molecular flexibility index (Phi) is 4.03. The molecule has 0 aliphatic carbocycles. The zero-order chi connectivity index (χ0) is 13.8. The second kappa shape index (κ2) is 5.72. The first-order chi connectivity index (χ1) is 9.11. The minimum Gasteiger partial charge on any atom is -0.478 e. The molecule has 19 heavy (non-hydrogen) atoms. The molecular weight excluding hydrogens is 244 g/mol. The van der Waals surface area contributed by atoms with Gasteiger partial charge in [0.2, 0.25) is 0 Å². The molecule has 1 fully saturated rings. The van der Waals surface area contributed by atoms with E-state index in [1.165, 1.54) is 12.1 Å². The van der Waals surface area contributed by atoms with Gasteiger partial charge >= 0.3 is 5.97 Å². The predicted molar refractivity (Wildman–Crippen MR) is 70.4 cm³/mol. The molecule has 1 heterocycles. The van der Waals surface area contributed by atoms with Crippen LogP contribution >= 0.6 is 0 Å². The van der Waals surface area contributed by atoms with Gasteiger partial charge in [0.25, 0.3) is 0 Å². The standard InChI is InChI=1S/C14H16N2O3/c1-16(9-12-3-2-6-19-12)13-5-4-10(14(17)18)7-11(13)8-15/h4-5,7,12H,2-3,6,9H2,1H3,(H,17,18). The van der Waals surface area contributed by atoms with Gasteiger partial charge in [0.15, 0.2) is 0 Å². The Labute approximate surface area is 112 Å². The van der Waals surface area contributed by atoms with E-state index in [0.29, 0.717) is 12.1 Å². The molecule has 1 aliphatic rings. The van der Waals surface area contributed by atoms with Crippen LogP contribution in [0.3, 0.4) is 0 Å². The first kappa shape index (κ1) is 13.4. The van der Waals surface area contributed by atoms with Gasteiger partial charge in [-0.3, -0.25) is 0 Å². The second-order valence-corrected chi connectivity index (χ2v) is 4.66. The molecule has 0 saturated carbocycles. The summed E-state index contributed by atoms with van der Waals surface area (Å²) in [5.74, 6) is -1.02. The molecule has 0 amide bonds. The molecule has 0 bridgehead atoms. The number of rotatable bonds is 4. The lowest BCUT2D eigenvalue weighted by atomic mass is 10.1. The van der Waals surface area contributed by atoms with E-state index >= 15 is 0 Å². The molecule has 0 aromatic heterocycles. The monoisotopic (exact) mass is 260 g/mol. The summed E-state index contributed by atoms with van der Waals surface area (Å²) in [6.07, 6.45) is 2.29. The van der Waals surface area contributed by atoms with Crippen LogP contribution in [0.25, 0.3) is 0 Å². The van der Waals surface area contributed by atoms with Gasteiger partial charge in [-0.1, -0.05) is 0 Å². The van der Waals surface area contributed by atoms with E-state index in [1.54, 1.807) is 6.07 Å². The van der Waals surface area contributed by atoms with Crippen molar-refractivity contribution >= 4 is 11.7 Å². The van der Waals surface area contributed by atoms with E-state index in [4.69, 9.17) is 15.1 Å². The van der Waals surface area contributed by atoms with Gasteiger partial charge < -0.3 is 14.7 Å². The number of nitrogens with zero attached hydrogens (tertiary/aromatic N) is 2. The SMILES string of the molecule is CN(CC1CCCO1)c1ccc(C(=O)O)cc1C#N. The van der Waals surface area contributed by atoms with Crippen molar-refractivity contribution in [1.29, 1.82) is 5.26 Å². The summed E-state index contributed by atoms with van der Waals surface area (Å²) in [5, 5.41) is 18.1. The molecular formula is C14H16N2O3. The number of likely N-dealkylation sites (N-methyl/N-ethyl adjacent to an activating group) is 1. The average molecular weight is 260 g/mol. The summed E-state index contributed by atoms with van der Waals surface area (Å²) in [6.45, 7) is 1.50. The molecule has 5 nitrogen and oxygen atoms in total. The van der Waals surface area contributed by atoms with Gasteiger partial charge in [-0.25, -0.2) is 4.79 Å². The van der Waals surface area contributed by atoms with Crippen molar-refractivity contribution in [2.24, 2.45) is 0 Å². The smallest absolute Gasteiger partial charge is 0.335 e. The number of carbonyl (C=O) groups is 1. The van der Waals surface area contributed by atoms with Gasteiger partial charge in [0.1, 0.15) is 6.07 Å². The van der Waals surface area contributed by atoms with E-state index in [2.05, 4.69) is 6.07 Å². The van der Waals surface area contributed by atoms with Crippen LogP contribution in [0.15, 0.2) is 18.2 Å². The van der Waals surface area contributed by atoms with Crippen LogP contribution in [-0.2, 0) is 4.74 Å². The van der Waals surface area contributed by atoms with Crippen molar-refractivity contribution in [3.8, 4) is 6.07 Å². The maximum atomic E-state index is 10.9. The summed E-state index contributed by atoms with van der Waals surface area (Å²) in [5.41, 5.74) is 1.24. The number of hydrogen-bond donors (Lipinski definition) is 1. The lowest BCUT2D eigenvalue weighted by molar-refractivity contribution is 0.0697. The van der Waals surface area contributed by atoms with E-state index < -0.39 is 5.97 Å². The van der Waals surface area contributed by atoms with Crippen LogP contribution in [0.1, 0.15) is 28.8 Å². The summed E-state index contributed by atoms with van der Waals surface area (Å²) >= 11 is 0. The highest BCUT2D eigenvalue weighted by molar-refractivity contribution is 5.89. The molecule has 1 atom stereocenters. The number of nitriles is 1. The number of aromatic carboxylic acids is 1. The lowest BCUT2D eigenvalue weighted by Gasteiger charge is -2.23. The fourth-order valence-electron chi connectivity index (χ4n) is 2.28. The molecule has 1 aromatic carbocycles. The lowest BCUT2D eigenvalue weighted by Crippen LogP contribution is -2.29. The zero-order valence-corrected chi connectivity index (χ0v) is 10.8. The van der Waals surface area contributed by atoms with E-state index in [9.17, 15) is 4.79 Å². The van der Waals surface area contributed by atoms with Crippen LogP contribution in [0, 0.1) is 11.3 Å². The number of carboxylic acids is 1. The highest BCUT2D eigenvalue weighted by Crippen LogP contribution is 2.22. The topological polar surface area (TPSA) is 73.6 Å². The molecule has 1 unspecified atom stereocenters. The first-order valence-electron chi connectivity index (χ1n) is 6.22.